The van der Waals surface area contributed by atoms with E-state index < -0.39 is 11.6 Å². The Bertz CT molecular complexity index is 689. The number of carboxylic acid groups (broad SMARTS) is 1. The van der Waals surface area contributed by atoms with Gasteiger partial charge in [-0.15, -0.1) is 0 Å². The first-order valence-electron chi connectivity index (χ1n) is 6.25. The zero-order valence-corrected chi connectivity index (χ0v) is 10.7. The number of amides is 1. The van der Waals surface area contributed by atoms with Crippen molar-refractivity contribution in [1.82, 2.24) is 4.90 Å². The van der Waals surface area contributed by atoms with Crippen LogP contribution in [0.25, 0.3) is 11.1 Å². The van der Waals surface area contributed by atoms with Gasteiger partial charge in [0, 0.05) is 0 Å². The van der Waals surface area contributed by atoms with Gasteiger partial charge in [0.1, 0.15) is 0 Å². The molecule has 1 aliphatic heterocycles. The Kier molecular flexibility index (Phi) is 2.69. The van der Waals surface area contributed by atoms with Gasteiger partial charge in [-0.3, -0.25) is 4.90 Å². The van der Waals surface area contributed by atoms with E-state index in [0.717, 1.165) is 21.6 Å². The lowest BCUT2D eigenvalue weighted by Gasteiger charge is -2.09. The van der Waals surface area contributed by atoms with Crippen LogP contribution in [-0.2, 0) is 5.54 Å². The van der Waals surface area contributed by atoms with Crippen molar-refractivity contribution in [1.29, 1.82) is 5.26 Å². The lowest BCUT2D eigenvalue weighted by molar-refractivity contribution is 0.173. The molecule has 1 fully saturated rings. The van der Waals surface area contributed by atoms with E-state index >= 15 is 0 Å². The van der Waals surface area contributed by atoms with Crippen LogP contribution in [0.4, 0.5) is 4.79 Å². The summed E-state index contributed by atoms with van der Waals surface area (Å²) in [4.78, 5) is 12.1. The normalized spacial score (nSPS) is 20.2. The van der Waals surface area contributed by atoms with Crippen LogP contribution in [0.15, 0.2) is 54.6 Å². The predicted octanol–water partition coefficient (Wildman–Crippen LogP) is 3.07. The minimum absolute atomic E-state index is 0.240. The van der Waals surface area contributed by atoms with E-state index in [1.807, 2.05) is 54.6 Å². The van der Waals surface area contributed by atoms with Crippen LogP contribution in [0.3, 0.4) is 0 Å². The largest absolute Gasteiger partial charge is 0.465 e. The van der Waals surface area contributed by atoms with Crippen molar-refractivity contribution in [3.8, 4) is 17.2 Å². The molecule has 4 nitrogen and oxygen atoms in total. The van der Waals surface area contributed by atoms with Gasteiger partial charge in [0.25, 0.3) is 0 Å². The first kappa shape index (κ1) is 12.2. The standard InChI is InChI=1S/C16H12N2O2/c17-10-16(11-18(16)15(19)20)14-8-6-13(7-9-14)12-4-2-1-3-5-12/h1-9H,11H2,(H,19,20). The molecule has 1 atom stereocenters. The Labute approximate surface area is 116 Å². The molecular formula is C16H12N2O2. The topological polar surface area (TPSA) is 64.1 Å². The van der Waals surface area contributed by atoms with E-state index in [1.54, 1.807) is 0 Å². The van der Waals surface area contributed by atoms with Crippen LogP contribution in [0, 0.1) is 11.3 Å². The van der Waals surface area contributed by atoms with E-state index in [-0.39, 0.29) is 6.54 Å². The molecule has 1 aliphatic rings. The Morgan fingerprint density at radius 2 is 1.70 bits per heavy atom. The second-order valence-corrected chi connectivity index (χ2v) is 4.78. The zero-order chi connectivity index (χ0) is 14.2. The molecule has 0 bridgehead atoms. The molecule has 1 unspecified atom stereocenters. The number of benzene rings is 2. The molecule has 0 radical (unpaired) electrons. The summed E-state index contributed by atoms with van der Waals surface area (Å²) in [6, 6.07) is 19.5. The van der Waals surface area contributed by atoms with Crippen molar-refractivity contribution >= 4 is 6.09 Å². The summed E-state index contributed by atoms with van der Waals surface area (Å²) in [7, 11) is 0. The molecule has 20 heavy (non-hydrogen) atoms. The second kappa shape index (κ2) is 4.39. The molecular weight excluding hydrogens is 252 g/mol. The fourth-order valence-electron chi connectivity index (χ4n) is 2.40. The van der Waals surface area contributed by atoms with Gasteiger partial charge in [-0.1, -0.05) is 54.6 Å². The molecule has 0 aromatic heterocycles. The molecule has 1 heterocycles. The fraction of sp³-hybridized carbons (Fsp3) is 0.125. The summed E-state index contributed by atoms with van der Waals surface area (Å²) in [5, 5.41) is 18.2. The zero-order valence-electron chi connectivity index (χ0n) is 10.7. The number of carbonyl (C=O) groups is 1. The van der Waals surface area contributed by atoms with Crippen molar-refractivity contribution in [2.45, 2.75) is 5.54 Å². The molecule has 0 saturated carbocycles. The van der Waals surface area contributed by atoms with E-state index in [2.05, 4.69) is 6.07 Å². The van der Waals surface area contributed by atoms with Gasteiger partial charge < -0.3 is 5.11 Å². The van der Waals surface area contributed by atoms with Gasteiger partial charge in [-0.25, -0.2) is 4.79 Å². The smallest absolute Gasteiger partial charge is 0.409 e. The van der Waals surface area contributed by atoms with Crippen LogP contribution in [0.2, 0.25) is 0 Å². The predicted molar refractivity (Wildman–Crippen MR) is 73.9 cm³/mol. The number of hydrogen-bond donors (Lipinski definition) is 1. The Hall–Kier alpha value is -2.80. The Morgan fingerprint density at radius 3 is 2.20 bits per heavy atom. The third-order valence-electron chi connectivity index (χ3n) is 3.63. The molecule has 1 saturated heterocycles. The van der Waals surface area contributed by atoms with Crippen molar-refractivity contribution in [2.75, 3.05) is 6.54 Å². The molecule has 2 aromatic rings. The van der Waals surface area contributed by atoms with E-state index in [0.29, 0.717) is 0 Å². The number of nitrogens with zero attached hydrogens (tertiary/aromatic N) is 2. The van der Waals surface area contributed by atoms with Crippen molar-refractivity contribution in [3.63, 3.8) is 0 Å². The lowest BCUT2D eigenvalue weighted by Crippen LogP contribution is -2.18. The Morgan fingerprint density at radius 1 is 1.10 bits per heavy atom. The van der Waals surface area contributed by atoms with Crippen molar-refractivity contribution in [2.24, 2.45) is 0 Å². The van der Waals surface area contributed by atoms with Crippen molar-refractivity contribution in [3.05, 3.63) is 60.2 Å². The monoisotopic (exact) mass is 264 g/mol. The maximum absolute atomic E-state index is 11.0. The third kappa shape index (κ3) is 1.81. The van der Waals surface area contributed by atoms with Crippen LogP contribution >= 0.6 is 0 Å². The summed E-state index contributed by atoms with van der Waals surface area (Å²) >= 11 is 0. The summed E-state index contributed by atoms with van der Waals surface area (Å²) in [6.07, 6.45) is -1.06. The van der Waals surface area contributed by atoms with E-state index in [9.17, 15) is 10.1 Å². The van der Waals surface area contributed by atoms with Crippen molar-refractivity contribution < 1.29 is 9.90 Å². The van der Waals surface area contributed by atoms with Gasteiger partial charge >= 0.3 is 6.09 Å². The average Bonchev–Trinajstić information content (AvgIpc) is 3.25. The fourth-order valence-corrected chi connectivity index (χ4v) is 2.40. The van der Waals surface area contributed by atoms with Crippen LogP contribution in [0.5, 0.6) is 0 Å². The van der Waals surface area contributed by atoms with Gasteiger partial charge in [-0.2, -0.15) is 5.26 Å². The molecule has 3 rings (SSSR count). The van der Waals surface area contributed by atoms with E-state index in [1.165, 1.54) is 0 Å². The summed E-state index contributed by atoms with van der Waals surface area (Å²) in [5.41, 5.74) is 1.86. The minimum atomic E-state index is -1.06. The number of hydrogen-bond acceptors (Lipinski definition) is 2. The number of nitriles is 1. The highest BCUT2D eigenvalue weighted by Crippen LogP contribution is 2.42. The lowest BCUT2D eigenvalue weighted by atomic mass is 9.97. The maximum Gasteiger partial charge on any atom is 0.409 e. The molecule has 0 spiro atoms. The molecule has 2 aromatic carbocycles. The van der Waals surface area contributed by atoms with Crippen LogP contribution < -0.4 is 0 Å². The first-order chi connectivity index (χ1) is 9.67. The van der Waals surface area contributed by atoms with Gasteiger partial charge in [0.15, 0.2) is 5.54 Å². The highest BCUT2D eigenvalue weighted by atomic mass is 16.4. The molecule has 98 valence electrons. The number of rotatable bonds is 2. The van der Waals surface area contributed by atoms with Gasteiger partial charge in [-0.05, 0) is 16.7 Å². The molecule has 1 amide bonds. The highest BCUT2D eigenvalue weighted by molar-refractivity contribution is 5.73. The first-order valence-corrected chi connectivity index (χ1v) is 6.25. The van der Waals surface area contributed by atoms with E-state index in [4.69, 9.17) is 5.11 Å². The van der Waals surface area contributed by atoms with Crippen LogP contribution in [-0.4, -0.2) is 22.6 Å². The summed E-state index contributed by atoms with van der Waals surface area (Å²) in [6.45, 7) is 0.240. The highest BCUT2D eigenvalue weighted by Gasteiger charge is 2.57. The van der Waals surface area contributed by atoms with Crippen LogP contribution in [0.1, 0.15) is 5.56 Å². The minimum Gasteiger partial charge on any atom is -0.465 e. The molecule has 1 N–H and O–H groups in total. The molecule has 0 aliphatic carbocycles. The third-order valence-corrected chi connectivity index (χ3v) is 3.63. The SMILES string of the molecule is N#CC1(c2ccc(-c3ccccc3)cc2)CN1C(=O)O. The average molecular weight is 264 g/mol. The summed E-state index contributed by atoms with van der Waals surface area (Å²) < 4.78 is 0. The van der Waals surface area contributed by atoms with Gasteiger partial charge in [0.05, 0.1) is 12.6 Å². The molecule has 4 heteroatoms. The second-order valence-electron chi connectivity index (χ2n) is 4.78. The summed E-state index contributed by atoms with van der Waals surface area (Å²) in [5.74, 6) is 0. The Balaban J connectivity index is 1.92. The maximum atomic E-state index is 11.0. The quantitative estimate of drug-likeness (QED) is 0.848. The van der Waals surface area contributed by atoms with Gasteiger partial charge in [0.2, 0.25) is 0 Å².